The van der Waals surface area contributed by atoms with Crippen molar-refractivity contribution in [3.05, 3.63) is 70.1 Å². The van der Waals surface area contributed by atoms with Gasteiger partial charge in [0.15, 0.2) is 0 Å². The number of benzene rings is 2. The lowest BCUT2D eigenvalue weighted by molar-refractivity contribution is -0.111. The van der Waals surface area contributed by atoms with E-state index in [9.17, 15) is 9.59 Å². The highest BCUT2D eigenvalue weighted by atomic mass is 16.2. The number of nitrogens with two attached hydrogens (primary N) is 3. The summed E-state index contributed by atoms with van der Waals surface area (Å²) in [7, 11) is 0. The summed E-state index contributed by atoms with van der Waals surface area (Å²) < 4.78 is 0. The summed E-state index contributed by atoms with van der Waals surface area (Å²) in [6, 6.07) is 6.37. The molecule has 0 spiro atoms. The van der Waals surface area contributed by atoms with Gasteiger partial charge in [-0.2, -0.15) is 0 Å². The van der Waals surface area contributed by atoms with E-state index in [4.69, 9.17) is 17.2 Å². The molecule has 0 radical (unpaired) electrons. The van der Waals surface area contributed by atoms with E-state index in [1.807, 2.05) is 33.8 Å². The fourth-order valence-corrected chi connectivity index (χ4v) is 3.19. The van der Waals surface area contributed by atoms with E-state index < -0.39 is 6.03 Å². The summed E-state index contributed by atoms with van der Waals surface area (Å²) >= 11 is 0. The van der Waals surface area contributed by atoms with Gasteiger partial charge in [-0.15, -0.1) is 0 Å². The normalized spacial score (nSPS) is 14.8. The Balaban J connectivity index is 2.07. The van der Waals surface area contributed by atoms with Crippen LogP contribution in [0.5, 0.6) is 0 Å². The average Bonchev–Trinajstić information content (AvgIpc) is 2.71. The lowest BCUT2D eigenvalue weighted by Crippen LogP contribution is -2.34. The number of aliphatic imine (C=N–C) groups is 1. The summed E-state index contributed by atoms with van der Waals surface area (Å²) in [5, 5.41) is 5.63. The summed E-state index contributed by atoms with van der Waals surface area (Å²) in [5.74, 6) is -0.318. The Morgan fingerprint density at radius 1 is 0.839 bits per heavy atom. The first-order valence-corrected chi connectivity index (χ1v) is 9.70. The van der Waals surface area contributed by atoms with Crippen molar-refractivity contribution in [3.8, 4) is 0 Å². The molecule has 0 aliphatic heterocycles. The number of urea groups is 1. The molecule has 0 fully saturated rings. The zero-order valence-corrected chi connectivity index (χ0v) is 18.0. The van der Waals surface area contributed by atoms with Crippen LogP contribution in [0, 0.1) is 27.7 Å². The predicted octanol–water partition coefficient (Wildman–Crippen LogP) is 3.29. The number of amides is 2. The number of nitrogens with zero attached hydrogens (tertiary/aromatic N) is 1. The molecule has 31 heavy (non-hydrogen) atoms. The fraction of sp³-hybridized carbons (Fsp3) is 0.174. The molecule has 8 N–H and O–H groups in total. The van der Waals surface area contributed by atoms with Crippen LogP contribution in [0.25, 0.3) is 0 Å². The molecule has 0 bridgehead atoms. The number of nitrogen functional groups attached to an aromatic ring is 2. The van der Waals surface area contributed by atoms with E-state index in [0.717, 1.165) is 27.9 Å². The number of carbonyl (C=O) groups is 2. The van der Waals surface area contributed by atoms with E-state index >= 15 is 0 Å². The molecular weight excluding hydrogens is 392 g/mol. The topological polar surface area (TPSA) is 149 Å². The first-order chi connectivity index (χ1) is 14.6. The first kappa shape index (κ1) is 21.6. The van der Waals surface area contributed by atoms with Crippen molar-refractivity contribution in [2.75, 3.05) is 16.8 Å². The fourth-order valence-electron chi connectivity index (χ4n) is 3.19. The van der Waals surface area contributed by atoms with Gasteiger partial charge in [-0.1, -0.05) is 0 Å². The summed E-state index contributed by atoms with van der Waals surface area (Å²) in [6.07, 6.45) is 2.88. The Labute approximate surface area is 180 Å². The largest absolute Gasteiger partial charge is 0.399 e. The van der Waals surface area contributed by atoms with Crippen LogP contribution in [0.3, 0.4) is 0 Å². The molecule has 1 aliphatic rings. The molecule has 0 heterocycles. The first-order valence-electron chi connectivity index (χ1n) is 9.70. The maximum absolute atomic E-state index is 12.7. The molecule has 0 unspecified atom stereocenters. The number of allylic oxidation sites excluding steroid dienone is 2. The van der Waals surface area contributed by atoms with Gasteiger partial charge in [0, 0.05) is 23.1 Å². The van der Waals surface area contributed by atoms with Gasteiger partial charge in [-0.05, 0) is 80.3 Å². The minimum absolute atomic E-state index is 0.224. The highest BCUT2D eigenvalue weighted by Crippen LogP contribution is 2.29. The Morgan fingerprint density at radius 3 is 2.10 bits per heavy atom. The van der Waals surface area contributed by atoms with Crippen LogP contribution in [-0.2, 0) is 4.79 Å². The number of hydrogen-bond acceptors (Lipinski definition) is 6. The molecule has 0 saturated carbocycles. The number of anilines is 3. The van der Waals surface area contributed by atoms with Crippen LogP contribution >= 0.6 is 0 Å². The van der Waals surface area contributed by atoms with Gasteiger partial charge in [-0.3, -0.25) is 4.79 Å². The second kappa shape index (κ2) is 8.35. The van der Waals surface area contributed by atoms with E-state index in [1.54, 1.807) is 24.3 Å². The predicted molar refractivity (Wildman–Crippen MR) is 125 cm³/mol. The van der Waals surface area contributed by atoms with Crippen LogP contribution in [0.4, 0.5) is 27.5 Å². The summed E-state index contributed by atoms with van der Waals surface area (Å²) in [5.41, 5.74) is 24.6. The number of primary amides is 1. The zero-order chi connectivity index (χ0) is 22.9. The minimum Gasteiger partial charge on any atom is -0.399 e. The zero-order valence-electron chi connectivity index (χ0n) is 18.0. The van der Waals surface area contributed by atoms with Crippen molar-refractivity contribution in [3.63, 3.8) is 0 Å². The Hall–Kier alpha value is -4.07. The minimum atomic E-state index is -0.785. The van der Waals surface area contributed by atoms with E-state index in [1.165, 1.54) is 6.08 Å². The highest BCUT2D eigenvalue weighted by Gasteiger charge is 2.21. The van der Waals surface area contributed by atoms with Gasteiger partial charge < -0.3 is 27.8 Å². The second-order valence-electron chi connectivity index (χ2n) is 7.47. The van der Waals surface area contributed by atoms with Gasteiger partial charge >= 0.3 is 6.03 Å². The van der Waals surface area contributed by atoms with E-state index in [0.29, 0.717) is 28.5 Å². The molecule has 0 saturated heterocycles. The van der Waals surface area contributed by atoms with Crippen molar-refractivity contribution < 1.29 is 9.59 Å². The van der Waals surface area contributed by atoms with Crippen molar-refractivity contribution in [1.29, 1.82) is 0 Å². The summed E-state index contributed by atoms with van der Waals surface area (Å²) in [4.78, 5) is 28.9. The molecule has 2 amide bonds. The second-order valence-corrected chi connectivity index (χ2v) is 7.47. The highest BCUT2D eigenvalue weighted by molar-refractivity contribution is 6.24. The van der Waals surface area contributed by atoms with Gasteiger partial charge in [0.1, 0.15) is 0 Å². The SMILES string of the molecule is Cc1c(N)ccc(N=C2C=C(Nc3ccc(N)c(C)c3C)C(=O)C=C2NC(N)=O)c1C. The van der Waals surface area contributed by atoms with Gasteiger partial charge in [-0.25, -0.2) is 9.79 Å². The van der Waals surface area contributed by atoms with Gasteiger partial charge in [0.25, 0.3) is 0 Å². The molecule has 160 valence electrons. The quantitative estimate of drug-likeness (QED) is 0.381. The molecule has 3 rings (SSSR count). The smallest absolute Gasteiger partial charge is 0.316 e. The maximum atomic E-state index is 12.7. The van der Waals surface area contributed by atoms with Crippen molar-refractivity contribution in [2.24, 2.45) is 10.7 Å². The Bertz CT molecular complexity index is 1190. The third-order valence-corrected chi connectivity index (χ3v) is 5.50. The van der Waals surface area contributed by atoms with Crippen LogP contribution in [0.15, 0.2) is 52.8 Å². The van der Waals surface area contributed by atoms with Crippen molar-refractivity contribution >= 4 is 40.3 Å². The molecule has 2 aromatic rings. The lowest BCUT2D eigenvalue weighted by atomic mass is 10.0. The number of ketones is 1. The van der Waals surface area contributed by atoms with Crippen LogP contribution in [0.1, 0.15) is 22.3 Å². The molecule has 0 atom stereocenters. The monoisotopic (exact) mass is 418 g/mol. The number of nitrogens with one attached hydrogen (secondary N) is 2. The summed E-state index contributed by atoms with van der Waals surface area (Å²) in [6.45, 7) is 7.66. The standard InChI is InChI=1S/C23H26N6O2/c1-11-13(3)17(7-5-15(11)24)27-19-9-21(22(30)10-20(19)29-23(26)31)28-18-8-6-16(25)12(2)14(18)4/h5-10,28H,24-25H2,1-4H3,(H3,26,29,31). The molecule has 0 aromatic heterocycles. The number of carbonyl (C=O) groups excluding carboxylic acids is 2. The van der Waals surface area contributed by atoms with E-state index in [-0.39, 0.29) is 11.5 Å². The van der Waals surface area contributed by atoms with Gasteiger partial charge in [0.05, 0.1) is 22.8 Å². The van der Waals surface area contributed by atoms with Crippen molar-refractivity contribution in [2.45, 2.75) is 27.7 Å². The molecule has 8 heteroatoms. The average molecular weight is 419 g/mol. The molecule has 8 nitrogen and oxygen atoms in total. The Morgan fingerprint density at radius 2 is 1.45 bits per heavy atom. The Kier molecular flexibility index (Phi) is 5.83. The molecule has 2 aromatic carbocycles. The van der Waals surface area contributed by atoms with Gasteiger partial charge in [0.2, 0.25) is 5.78 Å². The van der Waals surface area contributed by atoms with Crippen LogP contribution < -0.4 is 27.8 Å². The number of rotatable bonds is 4. The third-order valence-electron chi connectivity index (χ3n) is 5.50. The lowest BCUT2D eigenvalue weighted by Gasteiger charge is -2.19. The van der Waals surface area contributed by atoms with Crippen LogP contribution in [-0.4, -0.2) is 17.5 Å². The number of hydrogen-bond donors (Lipinski definition) is 5. The van der Waals surface area contributed by atoms with E-state index in [2.05, 4.69) is 15.6 Å². The molecule has 1 aliphatic carbocycles. The van der Waals surface area contributed by atoms with Crippen molar-refractivity contribution in [1.82, 2.24) is 5.32 Å². The molecular formula is C23H26N6O2. The maximum Gasteiger partial charge on any atom is 0.316 e. The van der Waals surface area contributed by atoms with Crippen LogP contribution in [0.2, 0.25) is 0 Å². The third kappa shape index (κ3) is 4.42.